The van der Waals surface area contributed by atoms with Crippen LogP contribution in [0.15, 0.2) is 35.9 Å². The standard InChI is InChI=1S/C21H25F2N3O4/c1-21(15-7-9-16(10-8-15)30-19(22)23)18(28)26(20(29)25-21)13-17(27)24-12-11-14-5-3-2-4-6-14/h5,7-10,19H,2-4,6,11-13H2,1H3,(H,24,27)(H,25,29)/t21-/m1/s1. The predicted octanol–water partition coefficient (Wildman–Crippen LogP) is 3.06. The molecule has 0 radical (unpaired) electrons. The molecule has 4 amide bonds. The van der Waals surface area contributed by atoms with Crippen LogP contribution in [0.25, 0.3) is 0 Å². The summed E-state index contributed by atoms with van der Waals surface area (Å²) >= 11 is 0. The summed E-state index contributed by atoms with van der Waals surface area (Å²) < 4.78 is 28.9. The van der Waals surface area contributed by atoms with Crippen molar-refractivity contribution in [2.45, 2.75) is 51.2 Å². The molecule has 1 atom stereocenters. The van der Waals surface area contributed by atoms with E-state index in [1.165, 1.54) is 43.2 Å². The molecule has 1 heterocycles. The summed E-state index contributed by atoms with van der Waals surface area (Å²) in [6, 6.07) is 4.76. The van der Waals surface area contributed by atoms with Crippen molar-refractivity contribution in [3.8, 4) is 5.75 Å². The Kier molecular flexibility index (Phi) is 6.69. The van der Waals surface area contributed by atoms with Gasteiger partial charge >= 0.3 is 12.6 Å². The Labute approximate surface area is 173 Å². The number of nitrogens with zero attached hydrogens (tertiary/aromatic N) is 1. The van der Waals surface area contributed by atoms with E-state index in [2.05, 4.69) is 21.4 Å². The van der Waals surface area contributed by atoms with Gasteiger partial charge in [-0.3, -0.25) is 14.5 Å². The molecular weight excluding hydrogens is 396 g/mol. The zero-order chi connectivity index (χ0) is 21.7. The number of carbonyl (C=O) groups is 3. The fourth-order valence-electron chi connectivity index (χ4n) is 3.70. The largest absolute Gasteiger partial charge is 0.435 e. The predicted molar refractivity (Wildman–Crippen MR) is 105 cm³/mol. The molecule has 1 fully saturated rings. The van der Waals surface area contributed by atoms with Gasteiger partial charge in [-0.15, -0.1) is 0 Å². The lowest BCUT2D eigenvalue weighted by Crippen LogP contribution is -2.43. The molecule has 9 heteroatoms. The van der Waals surface area contributed by atoms with E-state index in [-0.39, 0.29) is 12.3 Å². The first-order valence-corrected chi connectivity index (χ1v) is 9.93. The highest BCUT2D eigenvalue weighted by Gasteiger charge is 2.49. The van der Waals surface area contributed by atoms with Gasteiger partial charge in [0, 0.05) is 6.54 Å². The highest BCUT2D eigenvalue weighted by atomic mass is 19.3. The third-order valence-corrected chi connectivity index (χ3v) is 5.39. The van der Waals surface area contributed by atoms with Gasteiger partial charge in [-0.1, -0.05) is 23.8 Å². The highest BCUT2D eigenvalue weighted by molar-refractivity contribution is 6.09. The number of allylic oxidation sites excluding steroid dienone is 1. The third-order valence-electron chi connectivity index (χ3n) is 5.39. The van der Waals surface area contributed by atoms with Gasteiger partial charge in [0.1, 0.15) is 17.8 Å². The maximum atomic E-state index is 12.9. The smallest absolute Gasteiger partial charge is 0.387 e. The van der Waals surface area contributed by atoms with E-state index < -0.39 is 30.0 Å². The van der Waals surface area contributed by atoms with Crippen LogP contribution in [0.3, 0.4) is 0 Å². The summed E-state index contributed by atoms with van der Waals surface area (Å²) in [7, 11) is 0. The Bertz CT molecular complexity index is 841. The van der Waals surface area contributed by atoms with Crippen LogP contribution in [0.4, 0.5) is 13.6 Å². The molecule has 1 aliphatic heterocycles. The van der Waals surface area contributed by atoms with Crippen molar-refractivity contribution in [1.82, 2.24) is 15.5 Å². The van der Waals surface area contributed by atoms with Crippen molar-refractivity contribution in [3.05, 3.63) is 41.5 Å². The van der Waals surface area contributed by atoms with Crippen molar-refractivity contribution in [2.24, 2.45) is 0 Å². The fraction of sp³-hybridized carbons (Fsp3) is 0.476. The molecule has 7 nitrogen and oxygen atoms in total. The number of urea groups is 1. The molecule has 2 N–H and O–H groups in total. The minimum Gasteiger partial charge on any atom is -0.435 e. The number of benzene rings is 1. The van der Waals surface area contributed by atoms with E-state index in [4.69, 9.17) is 0 Å². The molecule has 0 bridgehead atoms. The monoisotopic (exact) mass is 421 g/mol. The number of ether oxygens (including phenoxy) is 1. The number of halogens is 2. The van der Waals surface area contributed by atoms with E-state index in [1.807, 2.05) is 0 Å². The maximum Gasteiger partial charge on any atom is 0.387 e. The van der Waals surface area contributed by atoms with E-state index in [0.717, 1.165) is 30.6 Å². The zero-order valence-electron chi connectivity index (χ0n) is 16.7. The van der Waals surface area contributed by atoms with Crippen LogP contribution in [-0.2, 0) is 15.1 Å². The average Bonchev–Trinajstić information content (AvgIpc) is 2.93. The van der Waals surface area contributed by atoms with Crippen molar-refractivity contribution < 1.29 is 27.9 Å². The molecule has 1 aromatic carbocycles. The van der Waals surface area contributed by atoms with Gasteiger partial charge in [-0.25, -0.2) is 4.79 Å². The minimum absolute atomic E-state index is 0.0570. The Hall–Kier alpha value is -2.97. The Morgan fingerprint density at radius 3 is 2.63 bits per heavy atom. The number of amides is 4. The van der Waals surface area contributed by atoms with Crippen molar-refractivity contribution >= 4 is 17.8 Å². The molecule has 162 valence electrons. The summed E-state index contributed by atoms with van der Waals surface area (Å²) in [5, 5.41) is 5.33. The summed E-state index contributed by atoms with van der Waals surface area (Å²) in [5.74, 6) is -1.06. The van der Waals surface area contributed by atoms with Gasteiger partial charge in [-0.2, -0.15) is 8.78 Å². The number of hydrogen-bond acceptors (Lipinski definition) is 4. The first kappa shape index (κ1) is 21.7. The van der Waals surface area contributed by atoms with Crippen molar-refractivity contribution in [2.75, 3.05) is 13.1 Å². The lowest BCUT2D eigenvalue weighted by Gasteiger charge is -2.22. The minimum atomic E-state index is -2.96. The molecule has 2 aliphatic rings. The molecule has 1 aliphatic carbocycles. The highest BCUT2D eigenvalue weighted by Crippen LogP contribution is 2.30. The number of nitrogens with one attached hydrogen (secondary N) is 2. The number of alkyl halides is 2. The molecule has 30 heavy (non-hydrogen) atoms. The van der Waals surface area contributed by atoms with Crippen LogP contribution in [0.5, 0.6) is 5.75 Å². The first-order chi connectivity index (χ1) is 14.3. The summed E-state index contributed by atoms with van der Waals surface area (Å²) in [6.07, 6.45) is 7.44. The second kappa shape index (κ2) is 9.23. The average molecular weight is 421 g/mol. The van der Waals surface area contributed by atoms with Gasteiger partial charge in [-0.05, 0) is 56.7 Å². The zero-order valence-corrected chi connectivity index (χ0v) is 16.7. The second-order valence-electron chi connectivity index (χ2n) is 7.56. The lowest BCUT2D eigenvalue weighted by molar-refractivity contribution is -0.134. The first-order valence-electron chi connectivity index (χ1n) is 9.93. The number of imide groups is 1. The van der Waals surface area contributed by atoms with E-state index in [1.54, 1.807) is 0 Å². The molecule has 3 rings (SSSR count). The van der Waals surface area contributed by atoms with E-state index >= 15 is 0 Å². The van der Waals surface area contributed by atoms with Crippen LogP contribution in [0.1, 0.15) is 44.6 Å². The molecule has 1 aromatic rings. The fourth-order valence-corrected chi connectivity index (χ4v) is 3.70. The maximum absolute atomic E-state index is 12.9. The van der Waals surface area contributed by atoms with Crippen LogP contribution < -0.4 is 15.4 Å². The summed E-state index contributed by atoms with van der Waals surface area (Å²) in [6.45, 7) is -1.38. The quantitative estimate of drug-likeness (QED) is 0.499. The Morgan fingerprint density at radius 2 is 2.00 bits per heavy atom. The molecule has 0 spiro atoms. The molecular formula is C21H25F2N3O4. The molecule has 0 aromatic heterocycles. The van der Waals surface area contributed by atoms with E-state index in [0.29, 0.717) is 12.1 Å². The number of rotatable bonds is 8. The van der Waals surface area contributed by atoms with Crippen LogP contribution in [-0.4, -0.2) is 42.4 Å². The summed E-state index contributed by atoms with van der Waals surface area (Å²) in [4.78, 5) is 38.3. The van der Waals surface area contributed by atoms with Crippen LogP contribution >= 0.6 is 0 Å². The number of hydrogen-bond donors (Lipinski definition) is 2. The third kappa shape index (κ3) is 4.95. The lowest BCUT2D eigenvalue weighted by atomic mass is 9.92. The van der Waals surface area contributed by atoms with Gasteiger partial charge in [0.2, 0.25) is 5.91 Å². The number of carbonyl (C=O) groups excluding carboxylic acids is 3. The Morgan fingerprint density at radius 1 is 1.27 bits per heavy atom. The van der Waals surface area contributed by atoms with Crippen LogP contribution in [0.2, 0.25) is 0 Å². The second-order valence-corrected chi connectivity index (χ2v) is 7.56. The Balaban J connectivity index is 1.58. The van der Waals surface area contributed by atoms with Gasteiger partial charge in [0.25, 0.3) is 5.91 Å². The normalized spacial score (nSPS) is 21.5. The van der Waals surface area contributed by atoms with Gasteiger partial charge in [0.15, 0.2) is 0 Å². The van der Waals surface area contributed by atoms with Crippen molar-refractivity contribution in [3.63, 3.8) is 0 Å². The SMILES string of the molecule is C[C@]1(c2ccc(OC(F)F)cc2)NC(=O)N(CC(=O)NCCC2=CCCCC2)C1=O. The molecule has 1 saturated heterocycles. The summed E-state index contributed by atoms with van der Waals surface area (Å²) in [5.41, 5.74) is 0.325. The van der Waals surface area contributed by atoms with Gasteiger partial charge < -0.3 is 15.4 Å². The molecule has 0 unspecified atom stereocenters. The van der Waals surface area contributed by atoms with Crippen molar-refractivity contribution in [1.29, 1.82) is 0 Å². The van der Waals surface area contributed by atoms with Crippen LogP contribution in [0, 0.1) is 0 Å². The van der Waals surface area contributed by atoms with Gasteiger partial charge in [0.05, 0.1) is 0 Å². The van der Waals surface area contributed by atoms with E-state index in [9.17, 15) is 23.2 Å². The topological polar surface area (TPSA) is 87.7 Å². The molecule has 0 saturated carbocycles.